The highest BCUT2D eigenvalue weighted by atomic mass is 16.1. The Bertz CT molecular complexity index is 380. The number of nitrogens with one attached hydrogen (secondary N) is 2. The largest absolute Gasteiger partial charge is 0.316 e. The van der Waals surface area contributed by atoms with Gasteiger partial charge in [-0.05, 0) is 45.2 Å². The number of aromatic amines is 1. The number of H-pyrrole nitrogens is 1. The van der Waals surface area contributed by atoms with E-state index in [4.69, 9.17) is 0 Å². The minimum absolute atomic E-state index is 0.00968. The Morgan fingerprint density at radius 3 is 3.20 bits per heavy atom. The van der Waals surface area contributed by atoms with Gasteiger partial charge in [0.2, 0.25) is 0 Å². The summed E-state index contributed by atoms with van der Waals surface area (Å²) in [6.07, 6.45) is 4.80. The lowest BCUT2D eigenvalue weighted by molar-refractivity contribution is 0.527. The summed E-state index contributed by atoms with van der Waals surface area (Å²) >= 11 is 0. The van der Waals surface area contributed by atoms with E-state index in [1.165, 1.54) is 12.7 Å². The molecule has 1 saturated heterocycles. The van der Waals surface area contributed by atoms with Crippen molar-refractivity contribution in [3.8, 4) is 0 Å². The van der Waals surface area contributed by atoms with Crippen molar-refractivity contribution in [2.24, 2.45) is 5.92 Å². The number of hydrogen-bond donors (Lipinski definition) is 2. The van der Waals surface area contributed by atoms with Crippen molar-refractivity contribution >= 4 is 0 Å². The second kappa shape index (κ2) is 4.57. The molecular formula is C11H17N3O. The predicted octanol–water partition coefficient (Wildman–Crippen LogP) is 0.620. The summed E-state index contributed by atoms with van der Waals surface area (Å²) < 4.78 is 0. The van der Waals surface area contributed by atoms with Crippen LogP contribution in [0.1, 0.15) is 24.1 Å². The van der Waals surface area contributed by atoms with Gasteiger partial charge in [-0.2, -0.15) is 0 Å². The van der Waals surface area contributed by atoms with E-state index in [-0.39, 0.29) is 5.56 Å². The summed E-state index contributed by atoms with van der Waals surface area (Å²) in [5.74, 6) is 0.755. The van der Waals surface area contributed by atoms with E-state index in [1.54, 1.807) is 0 Å². The van der Waals surface area contributed by atoms with Crippen molar-refractivity contribution in [1.82, 2.24) is 15.3 Å². The first-order valence-corrected chi connectivity index (χ1v) is 5.51. The van der Waals surface area contributed by atoms with Gasteiger partial charge in [-0.25, -0.2) is 4.98 Å². The van der Waals surface area contributed by atoms with Gasteiger partial charge in [0.05, 0.1) is 12.0 Å². The zero-order valence-electron chi connectivity index (χ0n) is 9.05. The summed E-state index contributed by atoms with van der Waals surface area (Å²) in [4.78, 5) is 18.1. The second-order valence-corrected chi connectivity index (χ2v) is 4.20. The average molecular weight is 207 g/mol. The molecule has 1 aliphatic rings. The van der Waals surface area contributed by atoms with Crippen molar-refractivity contribution in [2.45, 2.75) is 26.2 Å². The Hall–Kier alpha value is -1.16. The van der Waals surface area contributed by atoms with Crippen molar-refractivity contribution < 1.29 is 0 Å². The molecule has 0 saturated carbocycles. The fraction of sp³-hybridized carbons (Fsp3) is 0.636. The molecule has 15 heavy (non-hydrogen) atoms. The van der Waals surface area contributed by atoms with Crippen molar-refractivity contribution in [3.63, 3.8) is 0 Å². The maximum Gasteiger partial charge on any atom is 0.253 e. The van der Waals surface area contributed by atoms with Gasteiger partial charge in [0.15, 0.2) is 0 Å². The molecule has 0 spiro atoms. The fourth-order valence-electron chi connectivity index (χ4n) is 2.06. The standard InChI is InChI=1S/C11H17N3O/c1-8-10(13-7-14-11(8)15)3-2-9-4-5-12-6-9/h7,9,12H,2-6H2,1H3,(H,13,14,15). The number of nitrogens with zero attached hydrogens (tertiary/aromatic N) is 1. The molecule has 4 heteroatoms. The van der Waals surface area contributed by atoms with Gasteiger partial charge in [-0.15, -0.1) is 0 Å². The smallest absolute Gasteiger partial charge is 0.253 e. The van der Waals surface area contributed by atoms with Crippen molar-refractivity contribution in [2.75, 3.05) is 13.1 Å². The Labute approximate surface area is 89.1 Å². The third-order valence-corrected chi connectivity index (χ3v) is 3.14. The van der Waals surface area contributed by atoms with Crippen LogP contribution in [0.4, 0.5) is 0 Å². The first-order chi connectivity index (χ1) is 7.27. The molecule has 82 valence electrons. The molecule has 1 aliphatic heterocycles. The van der Waals surface area contributed by atoms with Crippen LogP contribution in [0.2, 0.25) is 0 Å². The summed E-state index contributed by atoms with van der Waals surface area (Å²) in [5.41, 5.74) is 1.71. The third-order valence-electron chi connectivity index (χ3n) is 3.14. The summed E-state index contributed by atoms with van der Waals surface area (Å²) in [5, 5.41) is 3.35. The molecule has 0 aliphatic carbocycles. The normalized spacial score (nSPS) is 20.7. The van der Waals surface area contributed by atoms with Crippen molar-refractivity contribution in [1.29, 1.82) is 0 Å². The highest BCUT2D eigenvalue weighted by molar-refractivity contribution is 5.13. The lowest BCUT2D eigenvalue weighted by Crippen LogP contribution is -2.15. The summed E-state index contributed by atoms with van der Waals surface area (Å²) in [6.45, 7) is 4.09. The molecule has 0 radical (unpaired) electrons. The van der Waals surface area contributed by atoms with E-state index in [0.717, 1.165) is 43.1 Å². The minimum atomic E-state index is -0.00968. The first-order valence-electron chi connectivity index (χ1n) is 5.51. The molecule has 0 bridgehead atoms. The van der Waals surface area contributed by atoms with Crippen LogP contribution >= 0.6 is 0 Å². The van der Waals surface area contributed by atoms with Gasteiger partial charge in [-0.1, -0.05) is 0 Å². The number of aromatic nitrogens is 2. The fourth-order valence-corrected chi connectivity index (χ4v) is 2.06. The van der Waals surface area contributed by atoms with E-state index in [2.05, 4.69) is 15.3 Å². The van der Waals surface area contributed by atoms with Gasteiger partial charge in [0.25, 0.3) is 5.56 Å². The molecule has 4 nitrogen and oxygen atoms in total. The zero-order chi connectivity index (χ0) is 10.7. The van der Waals surface area contributed by atoms with E-state index in [0.29, 0.717) is 0 Å². The summed E-state index contributed by atoms with van der Waals surface area (Å²) in [7, 11) is 0. The van der Waals surface area contributed by atoms with Gasteiger partial charge >= 0.3 is 0 Å². The minimum Gasteiger partial charge on any atom is -0.316 e. The lowest BCUT2D eigenvalue weighted by atomic mass is 10.00. The Kier molecular flexibility index (Phi) is 3.16. The summed E-state index contributed by atoms with van der Waals surface area (Å²) in [6, 6.07) is 0. The number of hydrogen-bond acceptors (Lipinski definition) is 3. The van der Waals surface area contributed by atoms with E-state index >= 15 is 0 Å². The van der Waals surface area contributed by atoms with Crippen LogP contribution in [0.25, 0.3) is 0 Å². The van der Waals surface area contributed by atoms with Crippen LogP contribution in [0, 0.1) is 12.8 Å². The topological polar surface area (TPSA) is 57.8 Å². The van der Waals surface area contributed by atoms with E-state index in [1.807, 2.05) is 6.92 Å². The van der Waals surface area contributed by atoms with E-state index in [9.17, 15) is 4.79 Å². The Balaban J connectivity index is 1.98. The molecule has 1 aromatic rings. The Morgan fingerprint density at radius 2 is 2.47 bits per heavy atom. The second-order valence-electron chi connectivity index (χ2n) is 4.20. The van der Waals surface area contributed by atoms with Crippen LogP contribution in [0.5, 0.6) is 0 Å². The highest BCUT2D eigenvalue weighted by Crippen LogP contribution is 2.15. The molecule has 1 fully saturated rings. The molecule has 0 amide bonds. The van der Waals surface area contributed by atoms with Crippen molar-refractivity contribution in [3.05, 3.63) is 27.9 Å². The average Bonchev–Trinajstić information content (AvgIpc) is 2.73. The van der Waals surface area contributed by atoms with Gasteiger partial charge in [-0.3, -0.25) is 4.79 Å². The quantitative estimate of drug-likeness (QED) is 0.764. The highest BCUT2D eigenvalue weighted by Gasteiger charge is 2.15. The molecule has 2 rings (SSSR count). The van der Waals surface area contributed by atoms with Crippen LogP contribution in [0.3, 0.4) is 0 Å². The Morgan fingerprint density at radius 1 is 1.60 bits per heavy atom. The van der Waals surface area contributed by atoms with Crippen LogP contribution in [-0.2, 0) is 6.42 Å². The monoisotopic (exact) mass is 207 g/mol. The molecule has 1 unspecified atom stereocenters. The number of aryl methyl sites for hydroxylation is 1. The predicted molar refractivity (Wildman–Crippen MR) is 58.9 cm³/mol. The van der Waals surface area contributed by atoms with E-state index < -0.39 is 0 Å². The van der Waals surface area contributed by atoms with Crippen LogP contribution < -0.4 is 10.9 Å². The van der Waals surface area contributed by atoms with Gasteiger partial charge in [0.1, 0.15) is 0 Å². The molecular weight excluding hydrogens is 190 g/mol. The zero-order valence-corrected chi connectivity index (χ0v) is 9.05. The first kappa shape index (κ1) is 10.4. The van der Waals surface area contributed by atoms with Crippen LogP contribution in [-0.4, -0.2) is 23.1 Å². The molecule has 0 aromatic carbocycles. The SMILES string of the molecule is Cc1c(CCC2CCNC2)nc[nH]c1=O. The third kappa shape index (κ3) is 2.45. The lowest BCUT2D eigenvalue weighted by Gasteiger charge is -2.08. The molecule has 2 N–H and O–H groups in total. The van der Waals surface area contributed by atoms with Gasteiger partial charge in [0, 0.05) is 5.56 Å². The molecule has 1 aromatic heterocycles. The molecule has 2 heterocycles. The maximum absolute atomic E-state index is 11.3. The maximum atomic E-state index is 11.3. The molecule has 1 atom stereocenters. The van der Waals surface area contributed by atoms with Crippen LogP contribution in [0.15, 0.2) is 11.1 Å². The van der Waals surface area contributed by atoms with Gasteiger partial charge < -0.3 is 10.3 Å². The number of rotatable bonds is 3.